The van der Waals surface area contributed by atoms with Gasteiger partial charge in [0.1, 0.15) is 0 Å². The Bertz CT molecular complexity index is 653. The van der Waals surface area contributed by atoms with Crippen molar-refractivity contribution in [3.05, 3.63) is 53.9 Å². The number of hydrogen-bond acceptors (Lipinski definition) is 2. The average molecular weight is 467 g/mol. The maximum absolute atomic E-state index is 12.6. The summed E-state index contributed by atoms with van der Waals surface area (Å²) >= 11 is 0. The molecule has 25 heavy (non-hydrogen) atoms. The Kier molecular flexibility index (Phi) is 8.20. The molecule has 0 unspecified atom stereocenters. The maximum atomic E-state index is 12.6. The van der Waals surface area contributed by atoms with Crippen LogP contribution in [0.4, 0.5) is 13.2 Å². The van der Waals surface area contributed by atoms with E-state index < -0.39 is 11.7 Å². The van der Waals surface area contributed by atoms with E-state index in [0.29, 0.717) is 25.6 Å². The quantitative estimate of drug-likeness (QED) is 0.418. The first-order chi connectivity index (χ1) is 11.4. The van der Waals surface area contributed by atoms with Gasteiger partial charge in [0.05, 0.1) is 12.1 Å². The predicted molar refractivity (Wildman–Crippen MR) is 102 cm³/mol. The standard InChI is InChI=1S/C16H20F3N5.HI/c1-20-15(21-9-11-24-10-3-8-22-24)23(2)12-13-4-6-14(7-5-13)16(17,18)19;/h3-8,10H,9,11-12H2,1-2H3,(H,20,21);1H. The Morgan fingerprint density at radius 2 is 1.96 bits per heavy atom. The summed E-state index contributed by atoms with van der Waals surface area (Å²) in [5, 5.41) is 7.31. The Morgan fingerprint density at radius 1 is 1.28 bits per heavy atom. The molecule has 0 bridgehead atoms. The molecule has 0 spiro atoms. The van der Waals surface area contributed by atoms with E-state index in [4.69, 9.17) is 0 Å². The smallest absolute Gasteiger partial charge is 0.354 e. The Morgan fingerprint density at radius 3 is 2.48 bits per heavy atom. The second kappa shape index (κ2) is 9.64. The van der Waals surface area contributed by atoms with Crippen molar-refractivity contribution < 1.29 is 13.2 Å². The summed E-state index contributed by atoms with van der Waals surface area (Å²) in [5.41, 5.74) is 0.135. The third-order valence-electron chi connectivity index (χ3n) is 3.46. The second-order valence-electron chi connectivity index (χ2n) is 5.29. The SMILES string of the molecule is CN=C(NCCn1cccn1)N(C)Cc1ccc(C(F)(F)F)cc1.I. The van der Waals surface area contributed by atoms with Crippen molar-refractivity contribution in [1.82, 2.24) is 20.0 Å². The highest BCUT2D eigenvalue weighted by molar-refractivity contribution is 14.0. The van der Waals surface area contributed by atoms with Crippen molar-refractivity contribution in [3.63, 3.8) is 0 Å². The van der Waals surface area contributed by atoms with Crippen LogP contribution in [-0.2, 0) is 19.3 Å². The number of alkyl halides is 3. The molecule has 0 aliphatic heterocycles. The van der Waals surface area contributed by atoms with Crippen LogP contribution in [0.3, 0.4) is 0 Å². The van der Waals surface area contributed by atoms with E-state index in [9.17, 15) is 13.2 Å². The van der Waals surface area contributed by atoms with E-state index >= 15 is 0 Å². The zero-order chi connectivity index (χ0) is 17.6. The first-order valence-corrected chi connectivity index (χ1v) is 7.45. The van der Waals surface area contributed by atoms with Gasteiger partial charge in [0.25, 0.3) is 0 Å². The molecule has 2 aromatic rings. The molecule has 9 heteroatoms. The molecule has 0 aliphatic rings. The van der Waals surface area contributed by atoms with Crippen molar-refractivity contribution in [2.75, 3.05) is 20.6 Å². The zero-order valence-corrected chi connectivity index (χ0v) is 16.3. The van der Waals surface area contributed by atoms with Gasteiger partial charge in [-0.3, -0.25) is 9.67 Å². The molecule has 1 aromatic heterocycles. The van der Waals surface area contributed by atoms with Crippen LogP contribution in [0, 0.1) is 0 Å². The number of benzene rings is 1. The summed E-state index contributed by atoms with van der Waals surface area (Å²) in [7, 11) is 3.50. The molecule has 1 heterocycles. The largest absolute Gasteiger partial charge is 0.416 e. The summed E-state index contributed by atoms with van der Waals surface area (Å²) < 4.78 is 39.5. The van der Waals surface area contributed by atoms with Gasteiger partial charge in [-0.05, 0) is 23.8 Å². The minimum Gasteiger partial charge on any atom is -0.354 e. The minimum atomic E-state index is -4.31. The molecule has 0 atom stereocenters. The van der Waals surface area contributed by atoms with Gasteiger partial charge in [-0.15, -0.1) is 24.0 Å². The van der Waals surface area contributed by atoms with Crippen LogP contribution < -0.4 is 5.32 Å². The third kappa shape index (κ3) is 6.56. The third-order valence-corrected chi connectivity index (χ3v) is 3.46. The van der Waals surface area contributed by atoms with E-state index in [-0.39, 0.29) is 24.0 Å². The highest BCUT2D eigenvalue weighted by Crippen LogP contribution is 2.29. The van der Waals surface area contributed by atoms with Gasteiger partial charge in [-0.1, -0.05) is 12.1 Å². The molecule has 0 fully saturated rings. The normalized spacial score (nSPS) is 11.8. The van der Waals surface area contributed by atoms with Gasteiger partial charge in [-0.25, -0.2) is 0 Å². The zero-order valence-electron chi connectivity index (χ0n) is 14.0. The van der Waals surface area contributed by atoms with E-state index in [2.05, 4.69) is 15.4 Å². The molecule has 1 N–H and O–H groups in total. The van der Waals surface area contributed by atoms with Crippen LogP contribution >= 0.6 is 24.0 Å². The summed E-state index contributed by atoms with van der Waals surface area (Å²) in [6, 6.07) is 7.01. The molecule has 0 saturated heterocycles. The second-order valence-corrected chi connectivity index (χ2v) is 5.29. The number of guanidine groups is 1. The van der Waals surface area contributed by atoms with Crippen molar-refractivity contribution in [1.29, 1.82) is 0 Å². The first kappa shape index (κ1) is 21.3. The Labute approximate surface area is 161 Å². The lowest BCUT2D eigenvalue weighted by Crippen LogP contribution is -2.39. The fraction of sp³-hybridized carbons (Fsp3) is 0.375. The number of hydrogen-bond donors (Lipinski definition) is 1. The van der Waals surface area contributed by atoms with Crippen LogP contribution in [0.5, 0.6) is 0 Å². The molecule has 0 amide bonds. The summed E-state index contributed by atoms with van der Waals surface area (Å²) in [5.74, 6) is 0.669. The van der Waals surface area contributed by atoms with Gasteiger partial charge in [-0.2, -0.15) is 18.3 Å². The van der Waals surface area contributed by atoms with Gasteiger partial charge in [0.2, 0.25) is 0 Å². The number of halogens is 4. The van der Waals surface area contributed by atoms with Gasteiger partial charge < -0.3 is 10.2 Å². The Balaban J connectivity index is 0.00000312. The monoisotopic (exact) mass is 467 g/mol. The van der Waals surface area contributed by atoms with E-state index in [1.807, 2.05) is 24.2 Å². The number of nitrogens with one attached hydrogen (secondary N) is 1. The van der Waals surface area contributed by atoms with Crippen molar-refractivity contribution >= 4 is 29.9 Å². The molecule has 0 saturated carbocycles. The number of aliphatic imine (C=N–C) groups is 1. The fourth-order valence-corrected chi connectivity index (χ4v) is 2.25. The molecule has 2 rings (SSSR count). The molecule has 1 aromatic carbocycles. The minimum absolute atomic E-state index is 0. The van der Waals surface area contributed by atoms with Crippen LogP contribution in [0.2, 0.25) is 0 Å². The van der Waals surface area contributed by atoms with Gasteiger partial charge in [0, 0.05) is 39.6 Å². The average Bonchev–Trinajstić information content (AvgIpc) is 3.04. The fourth-order valence-electron chi connectivity index (χ4n) is 2.25. The number of nitrogens with zero attached hydrogens (tertiary/aromatic N) is 4. The predicted octanol–water partition coefficient (Wildman–Crippen LogP) is 3.23. The van der Waals surface area contributed by atoms with E-state index in [1.54, 1.807) is 17.9 Å². The molecule has 138 valence electrons. The molecule has 0 radical (unpaired) electrons. The number of aromatic nitrogens is 2. The molecular formula is C16H21F3IN5. The molecule has 5 nitrogen and oxygen atoms in total. The highest BCUT2D eigenvalue weighted by atomic mass is 127. The topological polar surface area (TPSA) is 45.5 Å². The lowest BCUT2D eigenvalue weighted by atomic mass is 10.1. The first-order valence-electron chi connectivity index (χ1n) is 7.45. The van der Waals surface area contributed by atoms with Crippen LogP contribution in [-0.4, -0.2) is 41.3 Å². The lowest BCUT2D eigenvalue weighted by Gasteiger charge is -2.22. The van der Waals surface area contributed by atoms with Crippen molar-refractivity contribution in [2.45, 2.75) is 19.3 Å². The Hall–Kier alpha value is -1.78. The summed E-state index contributed by atoms with van der Waals surface area (Å²) in [4.78, 5) is 6.03. The van der Waals surface area contributed by atoms with Crippen LogP contribution in [0.1, 0.15) is 11.1 Å². The van der Waals surface area contributed by atoms with Gasteiger partial charge in [0.15, 0.2) is 5.96 Å². The molecule has 0 aliphatic carbocycles. The van der Waals surface area contributed by atoms with Crippen LogP contribution in [0.25, 0.3) is 0 Å². The van der Waals surface area contributed by atoms with E-state index in [0.717, 1.165) is 17.7 Å². The lowest BCUT2D eigenvalue weighted by molar-refractivity contribution is -0.137. The summed E-state index contributed by atoms with van der Waals surface area (Å²) in [6.45, 7) is 1.80. The highest BCUT2D eigenvalue weighted by Gasteiger charge is 2.29. The molecular weight excluding hydrogens is 446 g/mol. The maximum Gasteiger partial charge on any atom is 0.416 e. The number of rotatable bonds is 5. The van der Waals surface area contributed by atoms with E-state index in [1.165, 1.54) is 12.1 Å². The van der Waals surface area contributed by atoms with Crippen LogP contribution in [0.15, 0.2) is 47.7 Å². The van der Waals surface area contributed by atoms with Crippen molar-refractivity contribution in [2.24, 2.45) is 4.99 Å². The van der Waals surface area contributed by atoms with Gasteiger partial charge >= 0.3 is 6.18 Å². The van der Waals surface area contributed by atoms with Crippen molar-refractivity contribution in [3.8, 4) is 0 Å². The summed E-state index contributed by atoms with van der Waals surface area (Å²) in [6.07, 6.45) is -0.726.